The lowest BCUT2D eigenvalue weighted by Gasteiger charge is -2.22. The van der Waals surface area contributed by atoms with Gasteiger partial charge in [0.2, 0.25) is 0 Å². The highest BCUT2D eigenvalue weighted by Crippen LogP contribution is 2.21. The molecule has 0 radical (unpaired) electrons. The van der Waals surface area contributed by atoms with Crippen LogP contribution in [-0.2, 0) is 9.53 Å². The van der Waals surface area contributed by atoms with E-state index in [1.54, 1.807) is 20.8 Å². The first-order valence-electron chi connectivity index (χ1n) is 6.66. The van der Waals surface area contributed by atoms with E-state index in [0.717, 1.165) is 28.5 Å². The molecular weight excluding hydrogens is 254 g/mol. The zero-order chi connectivity index (χ0) is 15.5. The smallest absolute Gasteiger partial charge is 0.408 e. The van der Waals surface area contributed by atoms with Gasteiger partial charge in [0.25, 0.3) is 0 Å². The van der Waals surface area contributed by atoms with E-state index in [2.05, 4.69) is 5.32 Å². The van der Waals surface area contributed by atoms with Gasteiger partial charge in [-0.25, -0.2) is 4.79 Å². The van der Waals surface area contributed by atoms with Gasteiger partial charge in [-0.05, 0) is 63.8 Å². The Hall–Kier alpha value is -1.84. The van der Waals surface area contributed by atoms with E-state index in [9.17, 15) is 9.59 Å². The molecule has 4 nitrogen and oxygen atoms in total. The molecule has 1 rings (SSSR count). The summed E-state index contributed by atoms with van der Waals surface area (Å²) in [6.45, 7) is 11.3. The van der Waals surface area contributed by atoms with E-state index >= 15 is 0 Å². The molecule has 0 aliphatic heterocycles. The highest BCUT2D eigenvalue weighted by molar-refractivity contribution is 5.75. The fraction of sp³-hybridized carbons (Fsp3) is 0.500. The Balaban J connectivity index is 2.95. The zero-order valence-corrected chi connectivity index (χ0v) is 13.0. The number of rotatable bonds is 3. The van der Waals surface area contributed by atoms with Crippen LogP contribution in [0.3, 0.4) is 0 Å². The Morgan fingerprint density at radius 1 is 1.15 bits per heavy atom. The molecule has 0 fully saturated rings. The number of aldehydes is 1. The van der Waals surface area contributed by atoms with E-state index in [0.29, 0.717) is 0 Å². The fourth-order valence-corrected chi connectivity index (χ4v) is 1.94. The number of aryl methyl sites for hydroxylation is 3. The van der Waals surface area contributed by atoms with Gasteiger partial charge in [0.05, 0.1) is 0 Å². The number of amides is 1. The van der Waals surface area contributed by atoms with Gasteiger partial charge in [0.15, 0.2) is 0 Å². The summed E-state index contributed by atoms with van der Waals surface area (Å²) in [5.41, 5.74) is 3.43. The van der Waals surface area contributed by atoms with Crippen LogP contribution in [0.5, 0.6) is 0 Å². The van der Waals surface area contributed by atoms with Crippen molar-refractivity contribution in [2.45, 2.75) is 53.2 Å². The molecule has 1 N–H and O–H groups in total. The SMILES string of the molecule is Cc1cc(C)c(C(C=O)NC(=O)OC(C)(C)C)cc1C. The lowest BCUT2D eigenvalue weighted by atomic mass is 9.96. The number of ether oxygens (including phenoxy) is 1. The van der Waals surface area contributed by atoms with Crippen molar-refractivity contribution in [3.05, 3.63) is 34.4 Å². The number of benzene rings is 1. The monoisotopic (exact) mass is 277 g/mol. The first-order valence-corrected chi connectivity index (χ1v) is 6.66. The maximum atomic E-state index is 11.8. The van der Waals surface area contributed by atoms with Crippen LogP contribution in [0.15, 0.2) is 12.1 Å². The molecule has 1 unspecified atom stereocenters. The fourth-order valence-electron chi connectivity index (χ4n) is 1.94. The Morgan fingerprint density at radius 3 is 2.20 bits per heavy atom. The van der Waals surface area contributed by atoms with Gasteiger partial charge < -0.3 is 14.8 Å². The summed E-state index contributed by atoms with van der Waals surface area (Å²) in [7, 11) is 0. The van der Waals surface area contributed by atoms with Crippen LogP contribution in [0.25, 0.3) is 0 Å². The largest absolute Gasteiger partial charge is 0.444 e. The number of hydrogen-bond donors (Lipinski definition) is 1. The van der Waals surface area contributed by atoms with Crippen LogP contribution < -0.4 is 5.32 Å². The summed E-state index contributed by atoms with van der Waals surface area (Å²) >= 11 is 0. The van der Waals surface area contributed by atoms with Crippen molar-refractivity contribution >= 4 is 12.4 Å². The van der Waals surface area contributed by atoms with E-state index in [1.807, 2.05) is 32.9 Å². The van der Waals surface area contributed by atoms with Gasteiger partial charge in [-0.2, -0.15) is 0 Å². The summed E-state index contributed by atoms with van der Waals surface area (Å²) in [6.07, 6.45) is 0.133. The van der Waals surface area contributed by atoms with Crippen LogP contribution >= 0.6 is 0 Å². The molecule has 4 heteroatoms. The van der Waals surface area contributed by atoms with Crippen molar-refractivity contribution in [1.82, 2.24) is 5.32 Å². The second-order valence-corrected chi connectivity index (χ2v) is 6.05. The number of carbonyl (C=O) groups is 2. The van der Waals surface area contributed by atoms with Gasteiger partial charge in [-0.1, -0.05) is 12.1 Å². The van der Waals surface area contributed by atoms with Crippen LogP contribution in [0.2, 0.25) is 0 Å². The minimum atomic E-state index is -0.691. The summed E-state index contributed by atoms with van der Waals surface area (Å²) in [5.74, 6) is 0. The maximum absolute atomic E-state index is 11.8. The zero-order valence-electron chi connectivity index (χ0n) is 13.0. The van der Waals surface area contributed by atoms with Crippen molar-refractivity contribution < 1.29 is 14.3 Å². The van der Waals surface area contributed by atoms with E-state index in [4.69, 9.17) is 4.74 Å². The molecule has 0 heterocycles. The highest BCUT2D eigenvalue weighted by atomic mass is 16.6. The van der Waals surface area contributed by atoms with Gasteiger partial charge >= 0.3 is 6.09 Å². The standard InChI is InChI=1S/C16H23NO3/c1-10-7-12(3)13(8-11(10)2)14(9-18)17-15(19)20-16(4,5)6/h7-9,14H,1-6H3,(H,17,19). The number of carbonyl (C=O) groups excluding carboxylic acids is 2. The molecule has 1 amide bonds. The number of hydrogen-bond acceptors (Lipinski definition) is 3. The number of alkyl carbamates (subject to hydrolysis) is 1. The van der Waals surface area contributed by atoms with Gasteiger partial charge in [0, 0.05) is 0 Å². The van der Waals surface area contributed by atoms with Gasteiger partial charge in [-0.15, -0.1) is 0 Å². The average molecular weight is 277 g/mol. The second kappa shape index (κ2) is 6.07. The topological polar surface area (TPSA) is 55.4 Å². The number of nitrogens with one attached hydrogen (secondary N) is 1. The maximum Gasteiger partial charge on any atom is 0.408 e. The summed E-state index contributed by atoms with van der Waals surface area (Å²) in [5, 5.41) is 2.60. The molecular formula is C16H23NO3. The van der Waals surface area contributed by atoms with E-state index < -0.39 is 17.7 Å². The molecule has 0 spiro atoms. The van der Waals surface area contributed by atoms with Crippen LogP contribution in [-0.4, -0.2) is 18.0 Å². The molecule has 0 aliphatic rings. The Bertz CT molecular complexity index is 515. The molecule has 1 atom stereocenters. The Labute approximate surface area is 120 Å². The van der Waals surface area contributed by atoms with E-state index in [1.165, 1.54) is 0 Å². The Morgan fingerprint density at radius 2 is 1.70 bits per heavy atom. The predicted octanol–water partition coefficient (Wildman–Crippen LogP) is 3.38. The molecule has 0 bridgehead atoms. The van der Waals surface area contributed by atoms with Crippen molar-refractivity contribution in [3.8, 4) is 0 Å². The third-order valence-corrected chi connectivity index (χ3v) is 3.03. The van der Waals surface area contributed by atoms with Crippen molar-refractivity contribution in [2.24, 2.45) is 0 Å². The summed E-state index contributed by atoms with van der Waals surface area (Å²) < 4.78 is 5.18. The molecule has 0 saturated carbocycles. The lowest BCUT2D eigenvalue weighted by molar-refractivity contribution is -0.109. The third kappa shape index (κ3) is 4.37. The normalized spacial score (nSPS) is 12.7. The molecule has 0 aliphatic carbocycles. The minimum absolute atomic E-state index is 0.588. The van der Waals surface area contributed by atoms with E-state index in [-0.39, 0.29) is 0 Å². The second-order valence-electron chi connectivity index (χ2n) is 6.05. The molecule has 1 aromatic rings. The molecule has 1 aromatic carbocycles. The first kappa shape index (κ1) is 16.2. The molecule has 0 aromatic heterocycles. The third-order valence-electron chi connectivity index (χ3n) is 3.03. The summed E-state index contributed by atoms with van der Waals surface area (Å²) in [6, 6.07) is 3.25. The Kier molecular flexibility index (Phi) is 4.93. The molecule has 110 valence electrons. The van der Waals surface area contributed by atoms with Gasteiger partial charge in [0.1, 0.15) is 17.9 Å². The minimum Gasteiger partial charge on any atom is -0.444 e. The van der Waals surface area contributed by atoms with Crippen LogP contribution in [0.4, 0.5) is 4.79 Å². The predicted molar refractivity (Wildman–Crippen MR) is 78.8 cm³/mol. The highest BCUT2D eigenvalue weighted by Gasteiger charge is 2.21. The molecule has 20 heavy (non-hydrogen) atoms. The van der Waals surface area contributed by atoms with Crippen molar-refractivity contribution in [2.75, 3.05) is 0 Å². The van der Waals surface area contributed by atoms with Crippen molar-refractivity contribution in [1.29, 1.82) is 0 Å². The van der Waals surface area contributed by atoms with Crippen LogP contribution in [0, 0.1) is 20.8 Å². The van der Waals surface area contributed by atoms with Gasteiger partial charge in [-0.3, -0.25) is 0 Å². The lowest BCUT2D eigenvalue weighted by Crippen LogP contribution is -2.35. The van der Waals surface area contributed by atoms with Crippen molar-refractivity contribution in [3.63, 3.8) is 0 Å². The average Bonchev–Trinajstić information content (AvgIpc) is 2.29. The quantitative estimate of drug-likeness (QED) is 0.862. The van der Waals surface area contributed by atoms with Crippen LogP contribution in [0.1, 0.15) is 49.1 Å². The first-order chi connectivity index (χ1) is 9.14. The molecule has 0 saturated heterocycles. The summed E-state index contributed by atoms with van der Waals surface area (Å²) in [4.78, 5) is 23.1.